The van der Waals surface area contributed by atoms with Gasteiger partial charge in [0.25, 0.3) is 5.91 Å². The van der Waals surface area contributed by atoms with Crippen LogP contribution in [0.2, 0.25) is 0 Å². The van der Waals surface area contributed by atoms with E-state index >= 15 is 0 Å². The number of halogens is 1. The lowest BCUT2D eigenvalue weighted by Crippen LogP contribution is -2.37. The number of ether oxygens (including phenoxy) is 2. The predicted octanol–water partition coefficient (Wildman–Crippen LogP) is 2.03. The van der Waals surface area contributed by atoms with Crippen molar-refractivity contribution in [1.29, 1.82) is 0 Å². The number of hydrogen-bond donors (Lipinski definition) is 0. The van der Waals surface area contributed by atoms with Crippen LogP contribution in [0.1, 0.15) is 17.3 Å². The number of carbonyl (C=O) groups is 2. The Morgan fingerprint density at radius 1 is 1.43 bits per heavy atom. The molecule has 0 fully saturated rings. The third kappa shape index (κ3) is 4.30. The SMILES string of the molecule is C=CCN(CC(=O)OCC)C(=O)c1c(F)cccc1OC. The van der Waals surface area contributed by atoms with Crippen LogP contribution in [0.15, 0.2) is 30.9 Å². The first-order valence-corrected chi connectivity index (χ1v) is 6.43. The smallest absolute Gasteiger partial charge is 0.325 e. The first-order valence-electron chi connectivity index (χ1n) is 6.43. The van der Waals surface area contributed by atoms with Crippen molar-refractivity contribution in [3.63, 3.8) is 0 Å². The van der Waals surface area contributed by atoms with Crippen molar-refractivity contribution >= 4 is 11.9 Å². The third-order valence-electron chi connectivity index (χ3n) is 2.67. The molecule has 0 unspecified atom stereocenters. The van der Waals surface area contributed by atoms with E-state index in [4.69, 9.17) is 9.47 Å². The minimum atomic E-state index is -0.711. The molecule has 0 radical (unpaired) electrons. The maximum Gasteiger partial charge on any atom is 0.325 e. The minimum absolute atomic E-state index is 0.0924. The van der Waals surface area contributed by atoms with Crippen LogP contribution in [0, 0.1) is 5.82 Å². The summed E-state index contributed by atoms with van der Waals surface area (Å²) in [5, 5.41) is 0. The zero-order valence-electron chi connectivity index (χ0n) is 12.1. The fourth-order valence-corrected chi connectivity index (χ4v) is 1.78. The summed E-state index contributed by atoms with van der Waals surface area (Å²) in [7, 11) is 1.34. The Bertz CT molecular complexity index is 530. The first-order chi connectivity index (χ1) is 10.0. The van der Waals surface area contributed by atoms with Crippen molar-refractivity contribution in [1.82, 2.24) is 4.90 Å². The van der Waals surface area contributed by atoms with Gasteiger partial charge in [-0.15, -0.1) is 6.58 Å². The monoisotopic (exact) mass is 295 g/mol. The first kappa shape index (κ1) is 16.7. The quantitative estimate of drug-likeness (QED) is 0.570. The molecule has 0 bridgehead atoms. The minimum Gasteiger partial charge on any atom is -0.496 e. The van der Waals surface area contributed by atoms with E-state index in [9.17, 15) is 14.0 Å². The summed E-state index contributed by atoms with van der Waals surface area (Å²) in [5.41, 5.74) is -0.217. The van der Waals surface area contributed by atoms with Gasteiger partial charge in [-0.1, -0.05) is 12.1 Å². The number of nitrogens with zero attached hydrogens (tertiary/aromatic N) is 1. The van der Waals surface area contributed by atoms with Gasteiger partial charge in [0, 0.05) is 6.54 Å². The van der Waals surface area contributed by atoms with Crippen LogP contribution in [0.5, 0.6) is 5.75 Å². The zero-order chi connectivity index (χ0) is 15.8. The number of amides is 1. The Balaban J connectivity index is 3.06. The molecule has 0 aromatic heterocycles. The van der Waals surface area contributed by atoms with Gasteiger partial charge in [0.2, 0.25) is 0 Å². The normalized spacial score (nSPS) is 9.86. The van der Waals surface area contributed by atoms with Crippen molar-refractivity contribution in [2.75, 3.05) is 26.8 Å². The van der Waals surface area contributed by atoms with Crippen molar-refractivity contribution in [2.45, 2.75) is 6.92 Å². The Morgan fingerprint density at radius 2 is 2.14 bits per heavy atom. The standard InChI is InChI=1S/C15H18FNO4/c1-4-9-17(10-13(18)21-5-2)15(19)14-11(16)7-6-8-12(14)20-3/h4,6-8H,1,5,9-10H2,2-3H3. The van der Waals surface area contributed by atoms with Crippen LogP contribution < -0.4 is 4.74 Å². The van der Waals surface area contributed by atoms with E-state index in [1.165, 1.54) is 25.3 Å². The lowest BCUT2D eigenvalue weighted by Gasteiger charge is -2.21. The molecule has 0 saturated carbocycles. The number of benzene rings is 1. The molecule has 0 saturated heterocycles. The van der Waals surface area contributed by atoms with Crippen LogP contribution >= 0.6 is 0 Å². The summed E-state index contributed by atoms with van der Waals surface area (Å²) in [6.07, 6.45) is 1.45. The van der Waals surface area contributed by atoms with Crippen LogP contribution in [0.3, 0.4) is 0 Å². The maximum atomic E-state index is 13.9. The van der Waals surface area contributed by atoms with Crippen LogP contribution in [-0.2, 0) is 9.53 Å². The van der Waals surface area contributed by atoms with E-state index < -0.39 is 17.7 Å². The lowest BCUT2D eigenvalue weighted by molar-refractivity contribution is -0.143. The molecule has 114 valence electrons. The highest BCUT2D eigenvalue weighted by Gasteiger charge is 2.24. The van der Waals surface area contributed by atoms with Crippen LogP contribution in [0.25, 0.3) is 0 Å². The molecular weight excluding hydrogens is 277 g/mol. The molecule has 21 heavy (non-hydrogen) atoms. The van der Waals surface area contributed by atoms with Crippen molar-refractivity contribution in [2.24, 2.45) is 0 Å². The number of carbonyl (C=O) groups excluding carboxylic acids is 2. The Morgan fingerprint density at radius 3 is 2.71 bits per heavy atom. The van der Waals surface area contributed by atoms with E-state index in [-0.39, 0.29) is 31.0 Å². The molecule has 0 heterocycles. The third-order valence-corrected chi connectivity index (χ3v) is 2.67. The van der Waals surface area contributed by atoms with Gasteiger partial charge in [-0.25, -0.2) is 4.39 Å². The van der Waals surface area contributed by atoms with Gasteiger partial charge in [-0.2, -0.15) is 0 Å². The van der Waals surface area contributed by atoms with Gasteiger partial charge in [0.1, 0.15) is 23.7 Å². The fourth-order valence-electron chi connectivity index (χ4n) is 1.78. The molecular formula is C15H18FNO4. The molecule has 0 aliphatic heterocycles. The summed E-state index contributed by atoms with van der Waals surface area (Å²) < 4.78 is 23.7. The second-order valence-corrected chi connectivity index (χ2v) is 4.10. The highest BCUT2D eigenvalue weighted by atomic mass is 19.1. The molecule has 0 aliphatic carbocycles. The topological polar surface area (TPSA) is 55.8 Å². The highest BCUT2D eigenvalue weighted by molar-refractivity contribution is 5.98. The number of esters is 1. The summed E-state index contributed by atoms with van der Waals surface area (Å²) in [6, 6.07) is 4.08. The average Bonchev–Trinajstić information content (AvgIpc) is 2.46. The molecule has 1 rings (SSSR count). The zero-order valence-corrected chi connectivity index (χ0v) is 12.1. The molecule has 0 N–H and O–H groups in total. The Labute approximate surface area is 123 Å². The van der Waals surface area contributed by atoms with Gasteiger partial charge in [0.05, 0.1) is 13.7 Å². The summed E-state index contributed by atoms with van der Waals surface area (Å²) in [6.45, 7) is 5.21. The van der Waals surface area contributed by atoms with E-state index in [1.807, 2.05) is 0 Å². The molecule has 1 aromatic rings. The van der Waals surface area contributed by atoms with E-state index in [2.05, 4.69) is 6.58 Å². The molecule has 5 nitrogen and oxygen atoms in total. The van der Waals surface area contributed by atoms with Gasteiger partial charge >= 0.3 is 5.97 Å². The van der Waals surface area contributed by atoms with E-state index in [0.717, 1.165) is 11.0 Å². The highest BCUT2D eigenvalue weighted by Crippen LogP contribution is 2.22. The maximum absolute atomic E-state index is 13.9. The largest absolute Gasteiger partial charge is 0.496 e. The second kappa shape index (κ2) is 8.04. The molecule has 0 spiro atoms. The second-order valence-electron chi connectivity index (χ2n) is 4.10. The van der Waals surface area contributed by atoms with Crippen molar-refractivity contribution in [3.05, 3.63) is 42.2 Å². The van der Waals surface area contributed by atoms with Gasteiger partial charge < -0.3 is 14.4 Å². The van der Waals surface area contributed by atoms with E-state index in [1.54, 1.807) is 6.92 Å². The predicted molar refractivity (Wildman–Crippen MR) is 75.7 cm³/mol. The van der Waals surface area contributed by atoms with Crippen molar-refractivity contribution < 1.29 is 23.5 Å². The van der Waals surface area contributed by atoms with E-state index in [0.29, 0.717) is 0 Å². The molecule has 6 heteroatoms. The Kier molecular flexibility index (Phi) is 6.39. The van der Waals surface area contributed by atoms with Crippen LogP contribution in [0.4, 0.5) is 4.39 Å². The molecule has 0 aliphatic rings. The number of methoxy groups -OCH3 is 1. The summed E-state index contributed by atoms with van der Waals surface area (Å²) in [4.78, 5) is 25.1. The van der Waals surface area contributed by atoms with Crippen LogP contribution in [-0.4, -0.2) is 43.6 Å². The summed E-state index contributed by atoms with van der Waals surface area (Å²) in [5.74, 6) is -1.82. The average molecular weight is 295 g/mol. The molecule has 1 amide bonds. The number of rotatable bonds is 7. The fraction of sp³-hybridized carbons (Fsp3) is 0.333. The number of hydrogen-bond acceptors (Lipinski definition) is 4. The molecule has 1 aromatic carbocycles. The van der Waals surface area contributed by atoms with Gasteiger partial charge in [-0.3, -0.25) is 9.59 Å². The van der Waals surface area contributed by atoms with Gasteiger partial charge in [-0.05, 0) is 19.1 Å². The summed E-state index contributed by atoms with van der Waals surface area (Å²) >= 11 is 0. The molecule has 0 atom stereocenters. The lowest BCUT2D eigenvalue weighted by atomic mass is 10.1. The van der Waals surface area contributed by atoms with Crippen molar-refractivity contribution in [3.8, 4) is 5.75 Å². The Hall–Kier alpha value is -2.37. The van der Waals surface area contributed by atoms with Gasteiger partial charge in [0.15, 0.2) is 0 Å².